The van der Waals surface area contributed by atoms with E-state index in [1.54, 1.807) is 6.20 Å². The summed E-state index contributed by atoms with van der Waals surface area (Å²) in [7, 11) is 0. The number of nitrogens with one attached hydrogen (secondary N) is 1. The molecular formula is C16H21N3O2. The molecule has 5 heteroatoms. The van der Waals surface area contributed by atoms with Crippen molar-refractivity contribution in [2.45, 2.75) is 33.1 Å². The molecule has 112 valence electrons. The first-order valence-electron chi connectivity index (χ1n) is 7.48. The van der Waals surface area contributed by atoms with Crippen LogP contribution in [-0.4, -0.2) is 41.3 Å². The Hall–Kier alpha value is -1.91. The van der Waals surface area contributed by atoms with Crippen LogP contribution in [0.15, 0.2) is 12.3 Å². The van der Waals surface area contributed by atoms with Crippen molar-refractivity contribution in [3.05, 3.63) is 29.1 Å². The SMILES string of the molecule is Cc1cc(C)c(C(=O)N2CCC3(CC2)CNC(=O)C3)cn1. The lowest BCUT2D eigenvalue weighted by Gasteiger charge is -2.38. The summed E-state index contributed by atoms with van der Waals surface area (Å²) in [5.74, 6) is 0.209. The maximum atomic E-state index is 12.6. The first-order valence-corrected chi connectivity index (χ1v) is 7.48. The molecule has 2 amide bonds. The van der Waals surface area contributed by atoms with E-state index in [1.807, 2.05) is 24.8 Å². The zero-order valence-electron chi connectivity index (χ0n) is 12.6. The van der Waals surface area contributed by atoms with Gasteiger partial charge in [-0.2, -0.15) is 0 Å². The molecule has 1 aromatic rings. The van der Waals surface area contributed by atoms with Crippen LogP contribution >= 0.6 is 0 Å². The molecular weight excluding hydrogens is 266 g/mol. The van der Waals surface area contributed by atoms with Gasteiger partial charge in [0.05, 0.1) is 5.56 Å². The lowest BCUT2D eigenvalue weighted by Crippen LogP contribution is -2.44. The number of hydrogen-bond donors (Lipinski definition) is 1. The number of carbonyl (C=O) groups excluding carboxylic acids is 2. The maximum absolute atomic E-state index is 12.6. The number of likely N-dealkylation sites (tertiary alicyclic amines) is 1. The monoisotopic (exact) mass is 287 g/mol. The van der Waals surface area contributed by atoms with Gasteiger partial charge in [0, 0.05) is 37.9 Å². The Morgan fingerprint density at radius 3 is 2.62 bits per heavy atom. The molecule has 0 aromatic carbocycles. The van der Waals surface area contributed by atoms with Gasteiger partial charge in [-0.3, -0.25) is 14.6 Å². The van der Waals surface area contributed by atoms with Crippen molar-refractivity contribution in [2.24, 2.45) is 5.41 Å². The normalized spacial score (nSPS) is 20.7. The summed E-state index contributed by atoms with van der Waals surface area (Å²) in [6.45, 7) is 6.09. The molecule has 0 aliphatic carbocycles. The summed E-state index contributed by atoms with van der Waals surface area (Å²) in [6.07, 6.45) is 4.09. The van der Waals surface area contributed by atoms with Gasteiger partial charge in [0.25, 0.3) is 5.91 Å². The highest BCUT2D eigenvalue weighted by atomic mass is 16.2. The van der Waals surface area contributed by atoms with Crippen LogP contribution in [0.1, 0.15) is 40.9 Å². The molecule has 21 heavy (non-hydrogen) atoms. The number of aryl methyl sites for hydroxylation is 2. The fraction of sp³-hybridized carbons (Fsp3) is 0.562. The molecule has 3 heterocycles. The van der Waals surface area contributed by atoms with Crippen molar-refractivity contribution >= 4 is 11.8 Å². The summed E-state index contributed by atoms with van der Waals surface area (Å²) in [5, 5.41) is 2.92. The van der Waals surface area contributed by atoms with Crippen molar-refractivity contribution in [1.82, 2.24) is 15.2 Å². The van der Waals surface area contributed by atoms with E-state index in [4.69, 9.17) is 0 Å². The molecule has 0 atom stereocenters. The Kier molecular flexibility index (Phi) is 3.43. The Morgan fingerprint density at radius 2 is 2.05 bits per heavy atom. The predicted octanol–water partition coefficient (Wildman–Crippen LogP) is 1.44. The van der Waals surface area contributed by atoms with Crippen LogP contribution in [0.3, 0.4) is 0 Å². The highest BCUT2D eigenvalue weighted by Crippen LogP contribution is 2.37. The molecule has 5 nitrogen and oxygen atoms in total. The minimum atomic E-state index is 0.0622. The fourth-order valence-electron chi connectivity index (χ4n) is 3.38. The van der Waals surface area contributed by atoms with E-state index in [2.05, 4.69) is 10.3 Å². The van der Waals surface area contributed by atoms with E-state index in [-0.39, 0.29) is 17.2 Å². The average molecular weight is 287 g/mol. The van der Waals surface area contributed by atoms with E-state index >= 15 is 0 Å². The first kappa shape index (κ1) is 14.0. The van der Waals surface area contributed by atoms with Gasteiger partial charge in [-0.1, -0.05) is 0 Å². The third-order valence-electron chi connectivity index (χ3n) is 4.79. The van der Waals surface area contributed by atoms with Crippen LogP contribution in [0, 0.1) is 19.3 Å². The molecule has 2 saturated heterocycles. The minimum Gasteiger partial charge on any atom is -0.356 e. The summed E-state index contributed by atoms with van der Waals surface area (Å²) in [6, 6.07) is 1.94. The Bertz CT molecular complexity index is 589. The van der Waals surface area contributed by atoms with Gasteiger partial charge in [-0.05, 0) is 43.7 Å². The van der Waals surface area contributed by atoms with Gasteiger partial charge >= 0.3 is 0 Å². The second kappa shape index (κ2) is 5.13. The Labute approximate surface area is 124 Å². The zero-order chi connectivity index (χ0) is 15.0. The van der Waals surface area contributed by atoms with Crippen LogP contribution in [0.2, 0.25) is 0 Å². The Balaban J connectivity index is 1.69. The predicted molar refractivity (Wildman–Crippen MR) is 78.9 cm³/mol. The quantitative estimate of drug-likeness (QED) is 0.850. The van der Waals surface area contributed by atoms with Crippen molar-refractivity contribution in [3.8, 4) is 0 Å². The van der Waals surface area contributed by atoms with E-state index in [0.29, 0.717) is 12.0 Å². The molecule has 2 aliphatic heterocycles. The zero-order valence-corrected chi connectivity index (χ0v) is 12.6. The molecule has 1 spiro atoms. The van der Waals surface area contributed by atoms with Crippen molar-refractivity contribution in [1.29, 1.82) is 0 Å². The molecule has 2 fully saturated rings. The summed E-state index contributed by atoms with van der Waals surface area (Å²) in [5.41, 5.74) is 2.67. The van der Waals surface area contributed by atoms with Crippen LogP contribution in [0.25, 0.3) is 0 Å². The summed E-state index contributed by atoms with van der Waals surface area (Å²) < 4.78 is 0. The third-order valence-corrected chi connectivity index (χ3v) is 4.79. The van der Waals surface area contributed by atoms with Gasteiger partial charge in [0.1, 0.15) is 0 Å². The molecule has 1 N–H and O–H groups in total. The lowest BCUT2D eigenvalue weighted by molar-refractivity contribution is -0.119. The van der Waals surface area contributed by atoms with Crippen molar-refractivity contribution < 1.29 is 9.59 Å². The second-order valence-electron chi connectivity index (χ2n) is 6.39. The molecule has 0 saturated carbocycles. The van der Waals surface area contributed by atoms with E-state index in [0.717, 1.165) is 43.7 Å². The van der Waals surface area contributed by atoms with Gasteiger partial charge < -0.3 is 10.2 Å². The van der Waals surface area contributed by atoms with Crippen molar-refractivity contribution in [2.75, 3.05) is 19.6 Å². The molecule has 2 aliphatic rings. The number of aromatic nitrogens is 1. The molecule has 1 aromatic heterocycles. The number of carbonyl (C=O) groups is 2. The van der Waals surface area contributed by atoms with Gasteiger partial charge in [0.2, 0.25) is 5.91 Å². The summed E-state index contributed by atoms with van der Waals surface area (Å²) >= 11 is 0. The minimum absolute atomic E-state index is 0.0622. The van der Waals surface area contributed by atoms with Gasteiger partial charge in [-0.25, -0.2) is 0 Å². The topological polar surface area (TPSA) is 62.3 Å². The number of pyridine rings is 1. The molecule has 0 unspecified atom stereocenters. The van der Waals surface area contributed by atoms with Crippen molar-refractivity contribution in [3.63, 3.8) is 0 Å². The smallest absolute Gasteiger partial charge is 0.255 e. The highest BCUT2D eigenvalue weighted by Gasteiger charge is 2.41. The standard InChI is InChI=1S/C16H21N3O2/c1-11-7-12(2)17-9-13(11)15(21)19-5-3-16(4-6-19)8-14(20)18-10-16/h7,9H,3-6,8,10H2,1-2H3,(H,18,20). The number of nitrogens with zero attached hydrogens (tertiary/aromatic N) is 2. The third kappa shape index (κ3) is 2.64. The van der Waals surface area contributed by atoms with Gasteiger partial charge in [0.15, 0.2) is 0 Å². The second-order valence-corrected chi connectivity index (χ2v) is 6.39. The largest absolute Gasteiger partial charge is 0.356 e. The van der Waals surface area contributed by atoms with Crippen LogP contribution in [0.5, 0.6) is 0 Å². The van der Waals surface area contributed by atoms with Crippen LogP contribution < -0.4 is 5.32 Å². The van der Waals surface area contributed by atoms with E-state index in [9.17, 15) is 9.59 Å². The summed E-state index contributed by atoms with van der Waals surface area (Å²) in [4.78, 5) is 30.2. The number of hydrogen-bond acceptors (Lipinski definition) is 3. The number of piperidine rings is 1. The molecule has 0 radical (unpaired) electrons. The Morgan fingerprint density at radius 1 is 1.33 bits per heavy atom. The first-order chi connectivity index (χ1) is 9.99. The maximum Gasteiger partial charge on any atom is 0.255 e. The van der Waals surface area contributed by atoms with Gasteiger partial charge in [-0.15, -0.1) is 0 Å². The highest BCUT2D eigenvalue weighted by molar-refractivity contribution is 5.95. The number of rotatable bonds is 1. The van der Waals surface area contributed by atoms with Crippen LogP contribution in [0.4, 0.5) is 0 Å². The number of amides is 2. The molecule has 3 rings (SSSR count). The fourth-order valence-corrected chi connectivity index (χ4v) is 3.38. The molecule has 0 bridgehead atoms. The van der Waals surface area contributed by atoms with Crippen LogP contribution in [-0.2, 0) is 4.79 Å². The average Bonchev–Trinajstić information content (AvgIpc) is 2.80. The lowest BCUT2D eigenvalue weighted by atomic mass is 9.77. The van der Waals surface area contributed by atoms with E-state index < -0.39 is 0 Å². The van der Waals surface area contributed by atoms with E-state index in [1.165, 1.54) is 0 Å².